The monoisotopic (exact) mass is 257 g/mol. The van der Waals surface area contributed by atoms with Crippen molar-refractivity contribution in [2.45, 2.75) is 20.0 Å². The molecule has 1 saturated carbocycles. The Hall–Kier alpha value is -1.14. The summed E-state index contributed by atoms with van der Waals surface area (Å²) >= 11 is 0. The van der Waals surface area contributed by atoms with Gasteiger partial charge in [0.2, 0.25) is 5.91 Å². The van der Waals surface area contributed by atoms with Crippen LogP contribution in [0.5, 0.6) is 0 Å². The molecule has 0 radical (unpaired) electrons. The molecular weight excluding hydrogens is 238 g/mol. The highest BCUT2D eigenvalue weighted by Gasteiger charge is 2.66. The van der Waals surface area contributed by atoms with E-state index in [0.29, 0.717) is 19.7 Å². The summed E-state index contributed by atoms with van der Waals surface area (Å²) in [6.45, 7) is 4.68. The third kappa shape index (κ3) is 2.10. The molecule has 2 aliphatic rings. The number of carbonyl (C=O) groups excluding carboxylic acids is 1. The number of aliphatic hydroxyl groups is 1. The Morgan fingerprint density at radius 2 is 2.06 bits per heavy atom. The van der Waals surface area contributed by atoms with E-state index >= 15 is 0 Å². The minimum absolute atomic E-state index is 0.125. The highest BCUT2D eigenvalue weighted by molar-refractivity contribution is 5.91. The van der Waals surface area contributed by atoms with E-state index in [-0.39, 0.29) is 18.6 Å². The number of hydrogen-bond acceptors (Lipinski definition) is 4. The number of amides is 1. The molecule has 1 aliphatic carbocycles. The second-order valence-corrected chi connectivity index (χ2v) is 5.57. The van der Waals surface area contributed by atoms with Crippen molar-refractivity contribution in [3.8, 4) is 0 Å². The fourth-order valence-corrected chi connectivity index (χ4v) is 2.79. The van der Waals surface area contributed by atoms with Gasteiger partial charge in [0.05, 0.1) is 31.2 Å². The van der Waals surface area contributed by atoms with Crippen molar-refractivity contribution in [3.63, 3.8) is 0 Å². The predicted molar refractivity (Wildman–Crippen MR) is 61.8 cm³/mol. The Morgan fingerprint density at radius 3 is 2.56 bits per heavy atom. The van der Waals surface area contributed by atoms with Gasteiger partial charge in [0.25, 0.3) is 0 Å². The van der Waals surface area contributed by atoms with Crippen LogP contribution in [0.3, 0.4) is 0 Å². The molecule has 6 nitrogen and oxygen atoms in total. The number of nitrogens with zero attached hydrogens (tertiary/aromatic N) is 1. The molecule has 1 aliphatic heterocycles. The third-order valence-corrected chi connectivity index (χ3v) is 4.01. The van der Waals surface area contributed by atoms with Gasteiger partial charge in [-0.25, -0.2) is 0 Å². The zero-order valence-corrected chi connectivity index (χ0v) is 10.6. The number of hydrogen-bond donors (Lipinski definition) is 2. The van der Waals surface area contributed by atoms with Crippen molar-refractivity contribution in [3.05, 3.63) is 0 Å². The number of morpholine rings is 1. The van der Waals surface area contributed by atoms with E-state index in [9.17, 15) is 9.59 Å². The third-order valence-electron chi connectivity index (χ3n) is 4.01. The Morgan fingerprint density at radius 1 is 1.39 bits per heavy atom. The van der Waals surface area contributed by atoms with Crippen LogP contribution >= 0.6 is 0 Å². The number of rotatable bonds is 3. The summed E-state index contributed by atoms with van der Waals surface area (Å²) in [5.74, 6) is -2.09. The van der Waals surface area contributed by atoms with Gasteiger partial charge in [-0.3, -0.25) is 9.59 Å². The van der Waals surface area contributed by atoms with Crippen LogP contribution in [-0.2, 0) is 14.3 Å². The number of carboxylic acids is 1. The zero-order chi connectivity index (χ0) is 13.5. The maximum absolute atomic E-state index is 12.3. The van der Waals surface area contributed by atoms with Crippen LogP contribution in [0.25, 0.3) is 0 Å². The highest BCUT2D eigenvalue weighted by Crippen LogP contribution is 2.59. The first-order chi connectivity index (χ1) is 8.39. The molecule has 1 unspecified atom stereocenters. The number of aliphatic hydroxyl groups excluding tert-OH is 1. The van der Waals surface area contributed by atoms with Crippen molar-refractivity contribution < 1.29 is 24.5 Å². The fraction of sp³-hybridized carbons (Fsp3) is 0.833. The van der Waals surface area contributed by atoms with Crippen molar-refractivity contribution in [2.24, 2.45) is 17.3 Å². The smallest absolute Gasteiger partial charge is 0.307 e. The number of carboxylic acid groups (broad SMARTS) is 1. The molecule has 2 fully saturated rings. The highest BCUT2D eigenvalue weighted by atomic mass is 16.5. The average Bonchev–Trinajstić information content (AvgIpc) is 2.91. The standard InChI is InChI=1S/C12H19NO5/c1-12(2)8(9(12)11(16)17)10(15)13-3-4-18-7(5-13)6-14/h7-9,14H,3-6H2,1-2H3,(H,16,17)/t7?,8-,9+/m1/s1. The summed E-state index contributed by atoms with van der Waals surface area (Å²) in [4.78, 5) is 24.9. The van der Waals surface area contributed by atoms with Crippen molar-refractivity contribution in [2.75, 3.05) is 26.3 Å². The molecule has 0 spiro atoms. The molecule has 0 bridgehead atoms. The van der Waals surface area contributed by atoms with E-state index in [0.717, 1.165) is 0 Å². The van der Waals surface area contributed by atoms with E-state index in [2.05, 4.69) is 0 Å². The quantitative estimate of drug-likeness (QED) is 0.716. The molecule has 102 valence electrons. The lowest BCUT2D eigenvalue weighted by atomic mass is 10.1. The van der Waals surface area contributed by atoms with Crippen LogP contribution in [0.2, 0.25) is 0 Å². The van der Waals surface area contributed by atoms with Crippen LogP contribution < -0.4 is 0 Å². The zero-order valence-electron chi connectivity index (χ0n) is 10.6. The van der Waals surface area contributed by atoms with Crippen molar-refractivity contribution >= 4 is 11.9 Å². The summed E-state index contributed by atoms with van der Waals surface area (Å²) < 4.78 is 5.27. The maximum atomic E-state index is 12.3. The number of aliphatic carboxylic acids is 1. The second kappa shape index (κ2) is 4.51. The molecule has 1 amide bonds. The molecule has 0 aromatic heterocycles. The summed E-state index contributed by atoms with van der Waals surface area (Å²) in [6.07, 6.45) is -0.354. The van der Waals surface area contributed by atoms with Crippen molar-refractivity contribution in [1.29, 1.82) is 0 Å². The van der Waals surface area contributed by atoms with E-state index in [1.807, 2.05) is 0 Å². The van der Waals surface area contributed by atoms with Gasteiger partial charge in [0.1, 0.15) is 0 Å². The Kier molecular flexibility index (Phi) is 3.33. The average molecular weight is 257 g/mol. The van der Waals surface area contributed by atoms with Crippen LogP contribution in [0.4, 0.5) is 0 Å². The van der Waals surface area contributed by atoms with E-state index in [1.165, 1.54) is 0 Å². The first kappa shape index (κ1) is 13.3. The molecule has 0 aromatic carbocycles. The van der Waals surface area contributed by atoms with E-state index in [1.54, 1.807) is 18.7 Å². The van der Waals surface area contributed by atoms with Gasteiger partial charge in [0, 0.05) is 13.1 Å². The largest absolute Gasteiger partial charge is 0.481 e. The van der Waals surface area contributed by atoms with Gasteiger partial charge in [-0.1, -0.05) is 13.8 Å². The summed E-state index contributed by atoms with van der Waals surface area (Å²) in [5.41, 5.74) is -0.476. The molecule has 6 heteroatoms. The van der Waals surface area contributed by atoms with Gasteiger partial charge in [-0.2, -0.15) is 0 Å². The molecular formula is C12H19NO5. The first-order valence-corrected chi connectivity index (χ1v) is 6.13. The van der Waals surface area contributed by atoms with E-state index < -0.39 is 23.2 Å². The summed E-state index contributed by atoms with van der Waals surface area (Å²) in [7, 11) is 0. The molecule has 1 heterocycles. The lowest BCUT2D eigenvalue weighted by Gasteiger charge is -2.32. The Bertz CT molecular complexity index is 367. The molecule has 3 atom stereocenters. The number of carbonyl (C=O) groups is 2. The van der Waals surface area contributed by atoms with Gasteiger partial charge >= 0.3 is 5.97 Å². The molecule has 18 heavy (non-hydrogen) atoms. The predicted octanol–water partition coefficient (Wildman–Crippen LogP) is -0.437. The van der Waals surface area contributed by atoms with Crippen LogP contribution in [0, 0.1) is 17.3 Å². The van der Waals surface area contributed by atoms with Crippen LogP contribution in [0.15, 0.2) is 0 Å². The lowest BCUT2D eigenvalue weighted by Crippen LogP contribution is -2.48. The summed E-state index contributed by atoms with van der Waals surface area (Å²) in [5, 5.41) is 18.1. The Balaban J connectivity index is 2.02. The fourth-order valence-electron chi connectivity index (χ4n) is 2.79. The van der Waals surface area contributed by atoms with Crippen LogP contribution in [-0.4, -0.2) is 59.4 Å². The van der Waals surface area contributed by atoms with Gasteiger partial charge in [-0.15, -0.1) is 0 Å². The van der Waals surface area contributed by atoms with Gasteiger partial charge in [-0.05, 0) is 5.41 Å². The Labute approximate surface area is 106 Å². The maximum Gasteiger partial charge on any atom is 0.307 e. The van der Waals surface area contributed by atoms with Crippen LogP contribution in [0.1, 0.15) is 13.8 Å². The van der Waals surface area contributed by atoms with Gasteiger partial charge in [0.15, 0.2) is 0 Å². The van der Waals surface area contributed by atoms with E-state index in [4.69, 9.17) is 14.9 Å². The minimum atomic E-state index is -0.912. The van der Waals surface area contributed by atoms with Crippen molar-refractivity contribution in [1.82, 2.24) is 4.90 Å². The first-order valence-electron chi connectivity index (χ1n) is 6.13. The van der Waals surface area contributed by atoms with Gasteiger partial charge < -0.3 is 19.8 Å². The molecule has 0 aromatic rings. The topological polar surface area (TPSA) is 87.1 Å². The molecule has 1 saturated heterocycles. The minimum Gasteiger partial charge on any atom is -0.481 e. The number of ether oxygens (including phenoxy) is 1. The SMILES string of the molecule is CC1(C)[C@H](C(=O)O)[C@@H]1C(=O)N1CCOC(CO)C1. The molecule has 2 N–H and O–H groups in total. The molecule has 2 rings (SSSR count). The second-order valence-electron chi connectivity index (χ2n) is 5.57. The normalized spacial score (nSPS) is 34.2. The lowest BCUT2D eigenvalue weighted by molar-refractivity contribution is -0.145. The summed E-state index contributed by atoms with van der Waals surface area (Å²) in [6, 6.07) is 0.